The maximum atomic E-state index is 10.8. The third kappa shape index (κ3) is 2.55. The lowest BCUT2D eigenvalue weighted by molar-refractivity contribution is -0.142. The van der Waals surface area contributed by atoms with E-state index in [1.807, 2.05) is 4.90 Å². The van der Waals surface area contributed by atoms with Gasteiger partial charge in [0.1, 0.15) is 0 Å². The maximum Gasteiger partial charge on any atom is 0.306 e. The van der Waals surface area contributed by atoms with Gasteiger partial charge in [0.05, 0.1) is 5.92 Å². The highest BCUT2D eigenvalue weighted by Crippen LogP contribution is 2.21. The van der Waals surface area contributed by atoms with E-state index in [0.717, 1.165) is 0 Å². The van der Waals surface area contributed by atoms with E-state index in [4.69, 9.17) is 10.8 Å². The molecular formula is C11H14N4O3. The number of carboxylic acids is 1. The number of aromatic nitrogens is 2. The van der Waals surface area contributed by atoms with Crippen molar-refractivity contribution in [2.24, 2.45) is 11.7 Å². The zero-order valence-electron chi connectivity index (χ0n) is 9.74. The molecule has 1 aromatic rings. The summed E-state index contributed by atoms with van der Waals surface area (Å²) in [7, 11) is 0. The lowest BCUT2D eigenvalue weighted by atomic mass is 9.97. The van der Waals surface area contributed by atoms with Crippen molar-refractivity contribution in [2.45, 2.75) is 12.8 Å². The Balaban J connectivity index is 2.01. The quantitative estimate of drug-likeness (QED) is 0.773. The molecule has 1 aliphatic heterocycles. The van der Waals surface area contributed by atoms with Gasteiger partial charge in [-0.05, 0) is 25.0 Å². The highest BCUT2D eigenvalue weighted by Gasteiger charge is 2.25. The summed E-state index contributed by atoms with van der Waals surface area (Å²) in [6, 6.07) is 3.20. The molecule has 0 unspecified atom stereocenters. The van der Waals surface area contributed by atoms with Crippen molar-refractivity contribution in [2.75, 3.05) is 18.0 Å². The Hall–Kier alpha value is -2.18. The molecule has 1 amide bonds. The number of piperidine rings is 1. The van der Waals surface area contributed by atoms with Crippen LogP contribution >= 0.6 is 0 Å². The Morgan fingerprint density at radius 1 is 1.28 bits per heavy atom. The van der Waals surface area contributed by atoms with E-state index in [9.17, 15) is 9.59 Å². The number of hydrogen-bond acceptors (Lipinski definition) is 5. The minimum absolute atomic E-state index is 0.124. The predicted octanol–water partition coefficient (Wildman–Crippen LogP) is -0.124. The fourth-order valence-electron chi connectivity index (χ4n) is 1.98. The standard InChI is InChI=1S/C11H14N4O3/c12-10(16)8-1-2-9(14-13-8)15-5-3-7(4-6-15)11(17)18/h1-2,7H,3-6H2,(H2,12,16)(H,17,18). The Bertz CT molecular complexity index is 452. The van der Waals surface area contributed by atoms with Crippen LogP contribution in [0.1, 0.15) is 23.3 Å². The first kappa shape index (κ1) is 12.3. The third-order valence-electron chi connectivity index (χ3n) is 3.07. The molecule has 0 atom stereocenters. The van der Waals surface area contributed by atoms with Crippen LogP contribution in [0.15, 0.2) is 12.1 Å². The molecule has 96 valence electrons. The molecule has 1 fully saturated rings. The van der Waals surface area contributed by atoms with Crippen LogP contribution in [-0.2, 0) is 4.79 Å². The SMILES string of the molecule is NC(=O)c1ccc(N2CCC(C(=O)O)CC2)nn1. The van der Waals surface area contributed by atoms with Crippen LogP contribution in [0, 0.1) is 5.92 Å². The molecule has 7 heteroatoms. The van der Waals surface area contributed by atoms with Gasteiger partial charge in [0.15, 0.2) is 11.5 Å². The normalized spacial score (nSPS) is 16.6. The molecule has 0 radical (unpaired) electrons. The summed E-state index contributed by atoms with van der Waals surface area (Å²) < 4.78 is 0. The van der Waals surface area contributed by atoms with Crippen molar-refractivity contribution in [1.29, 1.82) is 0 Å². The van der Waals surface area contributed by atoms with Crippen LogP contribution < -0.4 is 10.6 Å². The number of amides is 1. The molecule has 1 aromatic heterocycles. The lowest BCUT2D eigenvalue weighted by Crippen LogP contribution is -2.37. The van der Waals surface area contributed by atoms with Crippen molar-refractivity contribution in [3.05, 3.63) is 17.8 Å². The van der Waals surface area contributed by atoms with Gasteiger partial charge in [-0.3, -0.25) is 9.59 Å². The molecule has 1 aliphatic rings. The average Bonchev–Trinajstić information content (AvgIpc) is 2.39. The second-order valence-electron chi connectivity index (χ2n) is 4.24. The summed E-state index contributed by atoms with van der Waals surface area (Å²) >= 11 is 0. The summed E-state index contributed by atoms with van der Waals surface area (Å²) in [5.41, 5.74) is 5.20. The van der Waals surface area contributed by atoms with Gasteiger partial charge in [0.25, 0.3) is 5.91 Å². The van der Waals surface area contributed by atoms with Gasteiger partial charge in [-0.15, -0.1) is 10.2 Å². The summed E-state index contributed by atoms with van der Waals surface area (Å²) in [6.45, 7) is 1.25. The van der Waals surface area contributed by atoms with E-state index in [1.165, 1.54) is 6.07 Å². The number of nitrogens with zero attached hydrogens (tertiary/aromatic N) is 3. The summed E-state index contributed by atoms with van der Waals surface area (Å²) in [5.74, 6) is -0.994. The van der Waals surface area contributed by atoms with Crippen LogP contribution in [0.4, 0.5) is 5.82 Å². The van der Waals surface area contributed by atoms with Crippen LogP contribution in [0.3, 0.4) is 0 Å². The highest BCUT2D eigenvalue weighted by atomic mass is 16.4. The smallest absolute Gasteiger partial charge is 0.306 e. The largest absolute Gasteiger partial charge is 0.481 e. The number of carbonyl (C=O) groups is 2. The number of aliphatic carboxylic acids is 1. The van der Waals surface area contributed by atoms with Crippen LogP contribution in [0.2, 0.25) is 0 Å². The first-order chi connectivity index (χ1) is 8.58. The molecule has 2 rings (SSSR count). The highest BCUT2D eigenvalue weighted by molar-refractivity contribution is 5.90. The number of carboxylic acid groups (broad SMARTS) is 1. The van der Waals surface area contributed by atoms with Crippen LogP contribution in [0.25, 0.3) is 0 Å². The van der Waals surface area contributed by atoms with Gasteiger partial charge in [-0.2, -0.15) is 0 Å². The van der Waals surface area contributed by atoms with E-state index in [-0.39, 0.29) is 11.6 Å². The molecule has 18 heavy (non-hydrogen) atoms. The topological polar surface area (TPSA) is 109 Å². The number of rotatable bonds is 3. The Labute approximate surface area is 104 Å². The monoisotopic (exact) mass is 250 g/mol. The van der Waals surface area contributed by atoms with Gasteiger partial charge in [0.2, 0.25) is 0 Å². The van der Waals surface area contributed by atoms with E-state index >= 15 is 0 Å². The van der Waals surface area contributed by atoms with Crippen LogP contribution in [-0.4, -0.2) is 40.3 Å². The van der Waals surface area contributed by atoms with Gasteiger partial charge in [-0.1, -0.05) is 0 Å². The Morgan fingerprint density at radius 3 is 2.39 bits per heavy atom. The molecule has 0 saturated carbocycles. The molecule has 7 nitrogen and oxygen atoms in total. The Kier molecular flexibility index (Phi) is 3.40. The van der Waals surface area contributed by atoms with Gasteiger partial charge in [-0.25, -0.2) is 0 Å². The number of primary amides is 1. The van der Waals surface area contributed by atoms with Crippen LogP contribution in [0.5, 0.6) is 0 Å². The minimum atomic E-state index is -0.746. The first-order valence-corrected chi connectivity index (χ1v) is 5.69. The van der Waals surface area contributed by atoms with Crippen molar-refractivity contribution < 1.29 is 14.7 Å². The predicted molar refractivity (Wildman–Crippen MR) is 63.1 cm³/mol. The second-order valence-corrected chi connectivity index (χ2v) is 4.24. The van der Waals surface area contributed by atoms with Gasteiger partial charge >= 0.3 is 5.97 Å². The molecule has 2 heterocycles. The zero-order valence-corrected chi connectivity index (χ0v) is 9.74. The number of hydrogen-bond donors (Lipinski definition) is 2. The molecule has 1 saturated heterocycles. The van der Waals surface area contributed by atoms with E-state index in [2.05, 4.69) is 10.2 Å². The fraction of sp³-hybridized carbons (Fsp3) is 0.455. The number of anilines is 1. The number of nitrogens with two attached hydrogens (primary N) is 1. The Morgan fingerprint density at radius 2 is 1.94 bits per heavy atom. The van der Waals surface area contributed by atoms with Crippen molar-refractivity contribution in [3.63, 3.8) is 0 Å². The van der Waals surface area contributed by atoms with E-state index in [0.29, 0.717) is 31.7 Å². The minimum Gasteiger partial charge on any atom is -0.481 e. The molecule has 0 bridgehead atoms. The van der Waals surface area contributed by atoms with E-state index < -0.39 is 11.9 Å². The van der Waals surface area contributed by atoms with Crippen molar-refractivity contribution in [3.8, 4) is 0 Å². The zero-order chi connectivity index (χ0) is 13.1. The molecular weight excluding hydrogens is 236 g/mol. The van der Waals surface area contributed by atoms with Crippen molar-refractivity contribution in [1.82, 2.24) is 10.2 Å². The summed E-state index contributed by atoms with van der Waals surface area (Å²) in [6.07, 6.45) is 1.18. The summed E-state index contributed by atoms with van der Waals surface area (Å²) in [4.78, 5) is 23.6. The second kappa shape index (κ2) is 4.99. The first-order valence-electron chi connectivity index (χ1n) is 5.69. The fourth-order valence-corrected chi connectivity index (χ4v) is 1.98. The van der Waals surface area contributed by atoms with Gasteiger partial charge < -0.3 is 15.7 Å². The molecule has 3 N–H and O–H groups in total. The van der Waals surface area contributed by atoms with Gasteiger partial charge in [0, 0.05) is 13.1 Å². The van der Waals surface area contributed by atoms with Crippen molar-refractivity contribution >= 4 is 17.7 Å². The lowest BCUT2D eigenvalue weighted by Gasteiger charge is -2.30. The molecule has 0 aromatic carbocycles. The molecule has 0 aliphatic carbocycles. The number of carbonyl (C=O) groups excluding carboxylic acids is 1. The van der Waals surface area contributed by atoms with E-state index in [1.54, 1.807) is 6.07 Å². The summed E-state index contributed by atoms with van der Waals surface area (Å²) in [5, 5.41) is 16.5. The average molecular weight is 250 g/mol. The maximum absolute atomic E-state index is 10.8. The third-order valence-corrected chi connectivity index (χ3v) is 3.07. The molecule has 0 spiro atoms.